The maximum Gasteiger partial charge on any atom is 0.220 e. The zero-order valence-electron chi connectivity index (χ0n) is 20.1. The summed E-state index contributed by atoms with van der Waals surface area (Å²) in [5, 5.41) is 3.41. The normalized spacial score (nSPS) is 47.9. The van der Waals surface area contributed by atoms with E-state index in [0.717, 1.165) is 54.3 Å². The van der Waals surface area contributed by atoms with Gasteiger partial charge in [0.2, 0.25) is 5.91 Å². The summed E-state index contributed by atoms with van der Waals surface area (Å²) in [5.74, 6) is 6.36. The molecular weight excluding hydrogens is 354 g/mol. The van der Waals surface area contributed by atoms with Gasteiger partial charge in [-0.25, -0.2) is 0 Å². The standard InChI is InChI=1S/C27H47NO/c1-17(2)8-7-9-18(3)20-10-11-21-25-19(4)16-23-27(6,15-13-24(29)28-23)22(25)12-14-26(20,21)5/h17-23,25H,7-16H2,1-6H3,(H,28,29)/t18-,19?,20-,21+,22+,23?,25+,26-,27-/m1/s1. The lowest BCUT2D eigenvalue weighted by Crippen LogP contribution is -2.63. The minimum Gasteiger partial charge on any atom is -0.353 e. The second kappa shape index (κ2) is 7.86. The van der Waals surface area contributed by atoms with Gasteiger partial charge in [0.05, 0.1) is 0 Å². The molecule has 1 saturated heterocycles. The van der Waals surface area contributed by atoms with Gasteiger partial charge in [-0.2, -0.15) is 0 Å². The van der Waals surface area contributed by atoms with Crippen LogP contribution < -0.4 is 5.32 Å². The van der Waals surface area contributed by atoms with Crippen LogP contribution in [0.25, 0.3) is 0 Å². The summed E-state index contributed by atoms with van der Waals surface area (Å²) in [6, 6.07) is 0.427. The summed E-state index contributed by atoms with van der Waals surface area (Å²) in [7, 11) is 0. The maximum atomic E-state index is 12.1. The Labute approximate surface area is 180 Å². The van der Waals surface area contributed by atoms with Crippen LogP contribution in [-0.4, -0.2) is 11.9 Å². The summed E-state index contributed by atoms with van der Waals surface area (Å²) in [6.07, 6.45) is 13.1. The molecule has 2 nitrogen and oxygen atoms in total. The van der Waals surface area contributed by atoms with E-state index in [2.05, 4.69) is 46.9 Å². The number of nitrogens with one attached hydrogen (secondary N) is 1. The molecule has 0 aromatic heterocycles. The van der Waals surface area contributed by atoms with Crippen molar-refractivity contribution < 1.29 is 4.79 Å². The smallest absolute Gasteiger partial charge is 0.220 e. The molecule has 1 amide bonds. The summed E-state index contributed by atoms with van der Waals surface area (Å²) in [4.78, 5) is 12.1. The molecule has 3 saturated carbocycles. The third-order valence-corrected chi connectivity index (χ3v) is 10.7. The molecule has 9 atom stereocenters. The average Bonchev–Trinajstić information content (AvgIpc) is 3.00. The van der Waals surface area contributed by atoms with Gasteiger partial charge in [0, 0.05) is 12.5 Å². The second-order valence-corrected chi connectivity index (χ2v) is 12.7. The molecule has 1 N–H and O–H groups in total. The number of hydrogen-bond donors (Lipinski definition) is 1. The highest BCUT2D eigenvalue weighted by Crippen LogP contribution is 2.67. The van der Waals surface area contributed by atoms with Gasteiger partial charge >= 0.3 is 0 Å². The fourth-order valence-electron chi connectivity index (χ4n) is 9.07. The minimum atomic E-state index is 0.301. The van der Waals surface area contributed by atoms with E-state index in [1.807, 2.05) is 0 Å². The van der Waals surface area contributed by atoms with Gasteiger partial charge in [-0.05, 0) is 90.8 Å². The molecule has 166 valence electrons. The highest BCUT2D eigenvalue weighted by molar-refractivity contribution is 5.77. The topological polar surface area (TPSA) is 29.1 Å². The molecule has 2 unspecified atom stereocenters. The largest absolute Gasteiger partial charge is 0.353 e. The third kappa shape index (κ3) is 3.59. The Balaban J connectivity index is 1.51. The fourth-order valence-corrected chi connectivity index (χ4v) is 9.07. The predicted molar refractivity (Wildman–Crippen MR) is 121 cm³/mol. The van der Waals surface area contributed by atoms with Crippen molar-refractivity contribution in [2.24, 2.45) is 52.3 Å². The van der Waals surface area contributed by atoms with Crippen LogP contribution in [0.1, 0.15) is 106 Å². The molecule has 0 bridgehead atoms. The second-order valence-electron chi connectivity index (χ2n) is 12.7. The summed E-state index contributed by atoms with van der Waals surface area (Å²) in [5.41, 5.74) is 0.904. The Morgan fingerprint density at radius 3 is 2.45 bits per heavy atom. The monoisotopic (exact) mass is 401 g/mol. The Kier molecular flexibility index (Phi) is 5.88. The Hall–Kier alpha value is -0.530. The quantitative estimate of drug-likeness (QED) is 0.537. The zero-order valence-corrected chi connectivity index (χ0v) is 20.1. The molecule has 1 heterocycles. The van der Waals surface area contributed by atoms with Gasteiger partial charge in [-0.3, -0.25) is 4.79 Å². The van der Waals surface area contributed by atoms with Crippen molar-refractivity contribution in [1.82, 2.24) is 5.32 Å². The molecular formula is C27H47NO. The van der Waals surface area contributed by atoms with Crippen LogP contribution in [0.3, 0.4) is 0 Å². The maximum absolute atomic E-state index is 12.1. The van der Waals surface area contributed by atoms with Crippen LogP contribution in [0.15, 0.2) is 0 Å². The minimum absolute atomic E-state index is 0.301. The van der Waals surface area contributed by atoms with Crippen LogP contribution in [0, 0.1) is 52.3 Å². The molecule has 0 radical (unpaired) electrons. The molecule has 3 aliphatic carbocycles. The predicted octanol–water partition coefficient (Wildman–Crippen LogP) is 6.83. The Morgan fingerprint density at radius 2 is 1.72 bits per heavy atom. The zero-order chi connectivity index (χ0) is 21.0. The van der Waals surface area contributed by atoms with Crippen molar-refractivity contribution in [3.63, 3.8) is 0 Å². The number of amides is 1. The molecule has 0 spiro atoms. The first-order valence-corrected chi connectivity index (χ1v) is 13.0. The van der Waals surface area contributed by atoms with Crippen molar-refractivity contribution in [3.05, 3.63) is 0 Å². The van der Waals surface area contributed by atoms with E-state index in [9.17, 15) is 4.79 Å². The van der Waals surface area contributed by atoms with E-state index in [0.29, 0.717) is 22.8 Å². The number of carbonyl (C=O) groups is 1. The van der Waals surface area contributed by atoms with E-state index in [4.69, 9.17) is 0 Å². The fraction of sp³-hybridized carbons (Fsp3) is 0.963. The van der Waals surface area contributed by atoms with Crippen LogP contribution in [0.5, 0.6) is 0 Å². The first kappa shape index (κ1) is 21.7. The number of carbonyl (C=O) groups excluding carboxylic acids is 1. The molecule has 0 aromatic rings. The lowest BCUT2D eigenvalue weighted by Gasteiger charge is -2.62. The summed E-state index contributed by atoms with van der Waals surface area (Å²) < 4.78 is 0. The van der Waals surface area contributed by atoms with Crippen molar-refractivity contribution in [2.45, 2.75) is 112 Å². The highest BCUT2D eigenvalue weighted by atomic mass is 16.1. The van der Waals surface area contributed by atoms with Gasteiger partial charge in [0.1, 0.15) is 0 Å². The van der Waals surface area contributed by atoms with Crippen LogP contribution in [0.4, 0.5) is 0 Å². The van der Waals surface area contributed by atoms with Gasteiger partial charge in [-0.15, -0.1) is 0 Å². The highest BCUT2D eigenvalue weighted by Gasteiger charge is 2.62. The number of fused-ring (bicyclic) bond motifs is 5. The lowest BCUT2D eigenvalue weighted by molar-refractivity contribution is -0.144. The van der Waals surface area contributed by atoms with Crippen LogP contribution in [-0.2, 0) is 4.79 Å². The van der Waals surface area contributed by atoms with E-state index in [-0.39, 0.29) is 0 Å². The van der Waals surface area contributed by atoms with E-state index >= 15 is 0 Å². The lowest BCUT2D eigenvalue weighted by atomic mass is 9.44. The van der Waals surface area contributed by atoms with Crippen LogP contribution in [0.2, 0.25) is 0 Å². The molecule has 2 heteroatoms. The summed E-state index contributed by atoms with van der Waals surface area (Å²) >= 11 is 0. The summed E-state index contributed by atoms with van der Waals surface area (Å²) in [6.45, 7) is 15.0. The van der Waals surface area contributed by atoms with Crippen molar-refractivity contribution in [2.75, 3.05) is 0 Å². The molecule has 4 rings (SSSR count). The molecule has 4 fully saturated rings. The van der Waals surface area contributed by atoms with Gasteiger partial charge in [0.15, 0.2) is 0 Å². The molecule has 0 aromatic carbocycles. The number of hydrogen-bond acceptors (Lipinski definition) is 1. The average molecular weight is 402 g/mol. The first-order chi connectivity index (χ1) is 13.7. The van der Waals surface area contributed by atoms with Crippen molar-refractivity contribution in [3.8, 4) is 0 Å². The molecule has 29 heavy (non-hydrogen) atoms. The Bertz CT molecular complexity index is 614. The van der Waals surface area contributed by atoms with Crippen molar-refractivity contribution >= 4 is 5.91 Å². The SMILES string of the molecule is CC(C)CCC[C@@H](C)[C@H]1CC[C@H]2[C@@H]3C(C)CC4NC(=O)CC[C@]4(C)[C@H]3CC[C@]12C. The third-order valence-electron chi connectivity index (χ3n) is 10.7. The first-order valence-electron chi connectivity index (χ1n) is 13.0. The van der Waals surface area contributed by atoms with E-state index < -0.39 is 0 Å². The van der Waals surface area contributed by atoms with E-state index in [1.54, 1.807) is 0 Å². The van der Waals surface area contributed by atoms with Gasteiger partial charge in [0.25, 0.3) is 0 Å². The van der Waals surface area contributed by atoms with E-state index in [1.165, 1.54) is 51.4 Å². The van der Waals surface area contributed by atoms with Crippen molar-refractivity contribution in [1.29, 1.82) is 0 Å². The van der Waals surface area contributed by atoms with Crippen LogP contribution >= 0.6 is 0 Å². The number of rotatable bonds is 5. The van der Waals surface area contributed by atoms with Gasteiger partial charge in [-0.1, -0.05) is 60.8 Å². The molecule has 1 aliphatic heterocycles. The van der Waals surface area contributed by atoms with Gasteiger partial charge < -0.3 is 5.32 Å². The Morgan fingerprint density at radius 1 is 1.00 bits per heavy atom. The number of piperidine rings is 1. The molecule has 4 aliphatic rings.